The van der Waals surface area contributed by atoms with Crippen molar-refractivity contribution >= 4 is 21.6 Å². The minimum absolute atomic E-state index is 0.124. The van der Waals surface area contributed by atoms with Crippen LogP contribution in [-0.2, 0) is 10.0 Å². The van der Waals surface area contributed by atoms with Crippen molar-refractivity contribution in [2.24, 2.45) is 0 Å². The highest BCUT2D eigenvalue weighted by Gasteiger charge is 2.17. The minimum atomic E-state index is -3.59. The third-order valence-corrected chi connectivity index (χ3v) is 5.46. The molecule has 2 rings (SSSR count). The number of nitrogens with one attached hydrogen (secondary N) is 2. The summed E-state index contributed by atoms with van der Waals surface area (Å²) in [5.74, 6) is 0.278. The molecule has 0 aliphatic rings. The zero-order valence-electron chi connectivity index (χ0n) is 15.4. The summed E-state index contributed by atoms with van der Waals surface area (Å²) in [5, 5.41) is 2.76. The third kappa shape index (κ3) is 5.94. The molecule has 144 valence electrons. The van der Waals surface area contributed by atoms with Crippen LogP contribution in [0.4, 0.5) is 5.69 Å². The van der Waals surface area contributed by atoms with Crippen LogP contribution in [0.15, 0.2) is 66.1 Å². The number of anilines is 1. The minimum Gasteiger partial charge on any atom is -0.489 e. The van der Waals surface area contributed by atoms with Gasteiger partial charge in [0, 0.05) is 23.4 Å². The monoisotopic (exact) mass is 388 g/mol. The normalized spacial score (nSPS) is 12.2. The maximum absolute atomic E-state index is 12.4. The first-order valence-corrected chi connectivity index (χ1v) is 10.1. The van der Waals surface area contributed by atoms with Crippen LogP contribution in [0.1, 0.15) is 30.6 Å². The lowest BCUT2D eigenvalue weighted by molar-refractivity contribution is 0.102. The molecule has 0 saturated heterocycles. The van der Waals surface area contributed by atoms with Crippen LogP contribution < -0.4 is 14.8 Å². The Kier molecular flexibility index (Phi) is 7.15. The Morgan fingerprint density at radius 3 is 2.56 bits per heavy atom. The maximum Gasteiger partial charge on any atom is 0.255 e. The number of carbonyl (C=O) groups is 1. The molecule has 2 N–H and O–H groups in total. The molecule has 0 aliphatic carbocycles. The molecule has 7 heteroatoms. The van der Waals surface area contributed by atoms with Crippen LogP contribution in [0.2, 0.25) is 0 Å². The Labute approximate surface area is 160 Å². The number of hydrogen-bond donors (Lipinski definition) is 2. The van der Waals surface area contributed by atoms with Crippen LogP contribution in [0.25, 0.3) is 0 Å². The molecule has 0 saturated carbocycles. The van der Waals surface area contributed by atoms with E-state index in [1.807, 2.05) is 6.92 Å². The van der Waals surface area contributed by atoms with Gasteiger partial charge in [-0.3, -0.25) is 4.79 Å². The lowest BCUT2D eigenvalue weighted by Crippen LogP contribution is -2.32. The molecule has 1 amide bonds. The summed E-state index contributed by atoms with van der Waals surface area (Å²) in [6.45, 7) is 7.66. The smallest absolute Gasteiger partial charge is 0.255 e. The van der Waals surface area contributed by atoms with Crippen molar-refractivity contribution in [3.63, 3.8) is 0 Å². The molecule has 0 heterocycles. The number of sulfonamides is 1. The highest BCUT2D eigenvalue weighted by Crippen LogP contribution is 2.19. The van der Waals surface area contributed by atoms with Gasteiger partial charge in [-0.15, -0.1) is 0 Å². The van der Waals surface area contributed by atoms with Crippen molar-refractivity contribution in [1.29, 1.82) is 0 Å². The third-order valence-electron chi connectivity index (χ3n) is 3.86. The van der Waals surface area contributed by atoms with Crippen molar-refractivity contribution in [3.8, 4) is 5.75 Å². The highest BCUT2D eigenvalue weighted by molar-refractivity contribution is 7.89. The van der Waals surface area contributed by atoms with E-state index in [1.54, 1.807) is 37.3 Å². The average molecular weight is 388 g/mol. The second-order valence-electron chi connectivity index (χ2n) is 6.04. The number of amides is 1. The molecule has 0 fully saturated rings. The van der Waals surface area contributed by atoms with Crippen LogP contribution in [0.3, 0.4) is 0 Å². The van der Waals surface area contributed by atoms with Gasteiger partial charge < -0.3 is 10.1 Å². The maximum atomic E-state index is 12.4. The Balaban J connectivity index is 2.08. The first-order chi connectivity index (χ1) is 12.9. The molecule has 0 aliphatic heterocycles. The number of carbonyl (C=O) groups excluding carboxylic acids is 1. The largest absolute Gasteiger partial charge is 0.489 e. The van der Waals surface area contributed by atoms with Gasteiger partial charge in [-0.2, -0.15) is 0 Å². The number of hydrogen-bond acceptors (Lipinski definition) is 4. The fourth-order valence-corrected chi connectivity index (χ4v) is 3.55. The number of rotatable bonds is 9. The molecule has 0 aromatic heterocycles. The highest BCUT2D eigenvalue weighted by atomic mass is 32.2. The summed E-state index contributed by atoms with van der Waals surface area (Å²) in [7, 11) is -3.59. The van der Waals surface area contributed by atoms with E-state index in [1.165, 1.54) is 24.3 Å². The van der Waals surface area contributed by atoms with Crippen molar-refractivity contribution in [3.05, 3.63) is 66.7 Å². The van der Waals surface area contributed by atoms with E-state index < -0.39 is 10.0 Å². The van der Waals surface area contributed by atoms with Gasteiger partial charge in [-0.05, 0) is 49.7 Å². The first kappa shape index (κ1) is 20.7. The topological polar surface area (TPSA) is 84.5 Å². The van der Waals surface area contributed by atoms with E-state index in [0.29, 0.717) is 30.0 Å². The molecule has 0 bridgehead atoms. The van der Waals surface area contributed by atoms with Gasteiger partial charge in [0.25, 0.3) is 5.91 Å². The summed E-state index contributed by atoms with van der Waals surface area (Å²) in [6, 6.07) is 12.6. The molecule has 1 atom stereocenters. The van der Waals surface area contributed by atoms with E-state index in [9.17, 15) is 13.2 Å². The first-order valence-electron chi connectivity index (χ1n) is 8.63. The van der Waals surface area contributed by atoms with E-state index in [2.05, 4.69) is 16.6 Å². The quantitative estimate of drug-likeness (QED) is 0.643. The SMILES string of the molecule is C=CCOc1cccc(NC(=O)c2ccc(S(=O)(=O)NC(C)CC)cc2)c1. The summed E-state index contributed by atoms with van der Waals surface area (Å²) in [6.07, 6.45) is 2.33. The molecule has 1 unspecified atom stereocenters. The Morgan fingerprint density at radius 1 is 1.22 bits per heavy atom. The lowest BCUT2D eigenvalue weighted by atomic mass is 10.2. The second kappa shape index (κ2) is 9.34. The molecular formula is C20H24N2O4S. The predicted octanol–water partition coefficient (Wildman–Crippen LogP) is 3.58. The van der Waals surface area contributed by atoms with E-state index >= 15 is 0 Å². The standard InChI is InChI=1S/C20H24N2O4S/c1-4-13-26-18-8-6-7-17(14-18)21-20(23)16-9-11-19(12-10-16)27(24,25)22-15(3)5-2/h4,6-12,14-15,22H,1,5,13H2,2-3H3,(H,21,23). The van der Waals surface area contributed by atoms with Gasteiger partial charge in [0.05, 0.1) is 4.90 Å². The fourth-order valence-electron chi connectivity index (χ4n) is 2.22. The van der Waals surface area contributed by atoms with Gasteiger partial charge in [0.15, 0.2) is 0 Å². The van der Waals surface area contributed by atoms with Crippen LogP contribution >= 0.6 is 0 Å². The van der Waals surface area contributed by atoms with Crippen molar-refractivity contribution < 1.29 is 17.9 Å². The van der Waals surface area contributed by atoms with Crippen LogP contribution in [0, 0.1) is 0 Å². The van der Waals surface area contributed by atoms with Crippen LogP contribution in [0.5, 0.6) is 5.75 Å². The molecule has 6 nitrogen and oxygen atoms in total. The van der Waals surface area contributed by atoms with E-state index in [4.69, 9.17) is 4.74 Å². The Morgan fingerprint density at radius 2 is 1.93 bits per heavy atom. The lowest BCUT2D eigenvalue weighted by Gasteiger charge is -2.12. The van der Waals surface area contributed by atoms with Gasteiger partial charge in [-0.25, -0.2) is 13.1 Å². The summed E-state index contributed by atoms with van der Waals surface area (Å²) in [5.41, 5.74) is 0.937. The molecule has 27 heavy (non-hydrogen) atoms. The molecule has 2 aromatic rings. The second-order valence-corrected chi connectivity index (χ2v) is 7.75. The molecule has 0 radical (unpaired) electrons. The Hall–Kier alpha value is -2.64. The van der Waals surface area contributed by atoms with E-state index in [-0.39, 0.29) is 16.8 Å². The molecule has 2 aromatic carbocycles. The van der Waals surface area contributed by atoms with Gasteiger partial charge >= 0.3 is 0 Å². The van der Waals surface area contributed by atoms with Gasteiger partial charge in [0.1, 0.15) is 12.4 Å². The number of benzene rings is 2. The van der Waals surface area contributed by atoms with Crippen molar-refractivity contribution in [2.75, 3.05) is 11.9 Å². The molecule has 0 spiro atoms. The Bertz CT molecular complexity index is 892. The summed E-state index contributed by atoms with van der Waals surface area (Å²) < 4.78 is 32.5. The summed E-state index contributed by atoms with van der Waals surface area (Å²) in [4.78, 5) is 12.5. The average Bonchev–Trinajstić information content (AvgIpc) is 2.66. The predicted molar refractivity (Wildman–Crippen MR) is 107 cm³/mol. The van der Waals surface area contributed by atoms with Crippen molar-refractivity contribution in [2.45, 2.75) is 31.2 Å². The van der Waals surface area contributed by atoms with E-state index in [0.717, 1.165) is 0 Å². The fraction of sp³-hybridized carbons (Fsp3) is 0.250. The van der Waals surface area contributed by atoms with Gasteiger partial charge in [0.2, 0.25) is 10.0 Å². The van der Waals surface area contributed by atoms with Gasteiger partial charge in [-0.1, -0.05) is 25.6 Å². The number of ether oxygens (including phenoxy) is 1. The zero-order valence-corrected chi connectivity index (χ0v) is 16.3. The summed E-state index contributed by atoms with van der Waals surface area (Å²) >= 11 is 0. The zero-order chi connectivity index (χ0) is 19.9. The van der Waals surface area contributed by atoms with Crippen molar-refractivity contribution in [1.82, 2.24) is 4.72 Å². The molecular weight excluding hydrogens is 364 g/mol. The van der Waals surface area contributed by atoms with Crippen LogP contribution in [-0.4, -0.2) is 27.0 Å².